The van der Waals surface area contributed by atoms with Gasteiger partial charge in [0.2, 0.25) is 10.0 Å². The highest BCUT2D eigenvalue weighted by atomic mass is 35.5. The van der Waals surface area contributed by atoms with Gasteiger partial charge in [0.1, 0.15) is 5.75 Å². The van der Waals surface area contributed by atoms with Crippen LogP contribution < -0.4 is 14.4 Å². The summed E-state index contributed by atoms with van der Waals surface area (Å²) in [6.07, 6.45) is 0.542. The summed E-state index contributed by atoms with van der Waals surface area (Å²) in [4.78, 5) is 12.9. The lowest BCUT2D eigenvalue weighted by atomic mass is 10.00. The van der Waals surface area contributed by atoms with Gasteiger partial charge >= 0.3 is 0 Å². The summed E-state index contributed by atoms with van der Waals surface area (Å²) in [6, 6.07) is 10.6. The molecule has 2 aromatic carbocycles. The van der Waals surface area contributed by atoms with Crippen LogP contribution in [-0.2, 0) is 14.8 Å². The third kappa shape index (κ3) is 4.85. The van der Waals surface area contributed by atoms with Crippen LogP contribution in [0.4, 0.5) is 5.69 Å². The first kappa shape index (κ1) is 21.5. The van der Waals surface area contributed by atoms with E-state index in [1.807, 2.05) is 32.9 Å². The number of amides is 1. The lowest BCUT2D eigenvalue weighted by Gasteiger charge is -2.21. The molecule has 0 saturated carbocycles. The van der Waals surface area contributed by atoms with Crippen molar-refractivity contribution in [3.8, 4) is 5.75 Å². The third-order valence-electron chi connectivity index (χ3n) is 5.01. The number of fused-ring (bicyclic) bond motifs is 1. The van der Waals surface area contributed by atoms with E-state index in [1.54, 1.807) is 12.1 Å². The van der Waals surface area contributed by atoms with E-state index in [0.29, 0.717) is 16.5 Å². The van der Waals surface area contributed by atoms with Crippen LogP contribution in [0.25, 0.3) is 0 Å². The second kappa shape index (κ2) is 8.24. The van der Waals surface area contributed by atoms with Gasteiger partial charge in [0.05, 0.1) is 18.0 Å². The Kier molecular flexibility index (Phi) is 6.10. The van der Waals surface area contributed by atoms with Gasteiger partial charge < -0.3 is 10.1 Å². The molecule has 2 aromatic rings. The first-order valence-corrected chi connectivity index (χ1v) is 11.6. The first-order valence-electron chi connectivity index (χ1n) is 9.37. The van der Waals surface area contributed by atoms with E-state index in [4.69, 9.17) is 16.3 Å². The fraction of sp³-hybridized carbons (Fsp3) is 0.381. The van der Waals surface area contributed by atoms with E-state index in [0.717, 1.165) is 22.9 Å². The number of ether oxygens (including phenoxy) is 1. The molecule has 0 aliphatic carbocycles. The molecule has 0 aromatic heterocycles. The average Bonchev–Trinajstić information content (AvgIpc) is 2.82. The zero-order valence-corrected chi connectivity index (χ0v) is 18.5. The van der Waals surface area contributed by atoms with E-state index in [-0.39, 0.29) is 24.9 Å². The largest absolute Gasteiger partial charge is 0.478 e. The number of nitrogens with one attached hydrogen (secondary N) is 1. The summed E-state index contributed by atoms with van der Waals surface area (Å²) in [5, 5.41) is 3.40. The predicted octanol–water partition coefficient (Wildman–Crippen LogP) is 3.75. The number of anilines is 1. The summed E-state index contributed by atoms with van der Waals surface area (Å²) in [7, 11) is -3.54. The van der Waals surface area contributed by atoms with Crippen LogP contribution in [0.1, 0.15) is 36.1 Å². The number of benzene rings is 2. The summed E-state index contributed by atoms with van der Waals surface area (Å²) in [6.45, 7) is 6.06. The van der Waals surface area contributed by atoms with E-state index >= 15 is 0 Å². The Morgan fingerprint density at radius 3 is 2.66 bits per heavy atom. The van der Waals surface area contributed by atoms with Gasteiger partial charge in [0.15, 0.2) is 6.10 Å². The minimum atomic E-state index is -3.54. The second-order valence-electron chi connectivity index (χ2n) is 7.43. The van der Waals surface area contributed by atoms with Gasteiger partial charge in [-0.25, -0.2) is 8.42 Å². The number of halogens is 1. The molecule has 156 valence electrons. The highest BCUT2D eigenvalue weighted by molar-refractivity contribution is 7.92. The van der Waals surface area contributed by atoms with Gasteiger partial charge in [-0.15, -0.1) is 0 Å². The van der Waals surface area contributed by atoms with Gasteiger partial charge in [-0.1, -0.05) is 35.4 Å². The van der Waals surface area contributed by atoms with Crippen molar-refractivity contribution < 1.29 is 17.9 Å². The lowest BCUT2D eigenvalue weighted by Crippen LogP contribution is -2.41. The van der Waals surface area contributed by atoms with E-state index < -0.39 is 16.1 Å². The SMILES string of the molecule is Cc1ccc(C)c([C@H](C)NC(=O)[C@@H]2CCN(S(C)(=O)=O)c3cc(Cl)ccc3O2)c1. The molecule has 0 saturated heterocycles. The maximum atomic E-state index is 12.9. The standard InChI is InChI=1S/C21H25ClN2O4S/c1-13-5-6-14(2)17(11-13)15(3)23-21(25)20-9-10-24(29(4,26)27)18-12-16(22)7-8-19(18)28-20/h5-8,11-12,15,20H,9-10H2,1-4H3,(H,23,25)/t15-,20-/m0/s1. The second-order valence-corrected chi connectivity index (χ2v) is 9.78. The molecule has 0 unspecified atom stereocenters. The zero-order valence-electron chi connectivity index (χ0n) is 16.9. The number of carbonyl (C=O) groups is 1. The van der Waals surface area contributed by atoms with Crippen LogP contribution >= 0.6 is 11.6 Å². The molecule has 29 heavy (non-hydrogen) atoms. The van der Waals surface area contributed by atoms with Crippen molar-refractivity contribution in [2.75, 3.05) is 17.1 Å². The lowest BCUT2D eigenvalue weighted by molar-refractivity contribution is -0.128. The maximum absolute atomic E-state index is 12.9. The number of hydrogen-bond acceptors (Lipinski definition) is 4. The molecule has 0 fully saturated rings. The molecule has 6 nitrogen and oxygen atoms in total. The van der Waals surface area contributed by atoms with Gasteiger partial charge in [0.25, 0.3) is 5.91 Å². The van der Waals surface area contributed by atoms with Crippen LogP contribution in [0.15, 0.2) is 36.4 Å². The topological polar surface area (TPSA) is 75.7 Å². The minimum Gasteiger partial charge on any atom is -0.478 e. The van der Waals surface area contributed by atoms with Crippen LogP contribution in [-0.4, -0.2) is 33.2 Å². The molecule has 1 aliphatic rings. The number of nitrogens with zero attached hydrogens (tertiary/aromatic N) is 1. The Balaban J connectivity index is 1.84. The normalized spacial score (nSPS) is 17.7. The molecule has 2 atom stereocenters. The van der Waals surface area contributed by atoms with Crippen molar-refractivity contribution in [1.29, 1.82) is 0 Å². The van der Waals surface area contributed by atoms with Crippen LogP contribution in [0.3, 0.4) is 0 Å². The summed E-state index contributed by atoms with van der Waals surface area (Å²) in [5.41, 5.74) is 3.59. The van der Waals surface area contributed by atoms with E-state index in [9.17, 15) is 13.2 Å². The molecule has 0 spiro atoms. The quantitative estimate of drug-likeness (QED) is 0.791. The highest BCUT2D eigenvalue weighted by Crippen LogP contribution is 2.36. The van der Waals surface area contributed by atoms with Gasteiger partial charge in [-0.05, 0) is 50.1 Å². The molecule has 3 rings (SSSR count). The number of carbonyl (C=O) groups excluding carboxylic acids is 1. The van der Waals surface area contributed by atoms with Crippen LogP contribution in [0.2, 0.25) is 5.02 Å². The molecule has 0 radical (unpaired) electrons. The van der Waals surface area contributed by atoms with Gasteiger partial charge in [-0.3, -0.25) is 9.10 Å². The molecule has 1 heterocycles. The Morgan fingerprint density at radius 2 is 1.97 bits per heavy atom. The number of aryl methyl sites for hydroxylation is 2. The Bertz CT molecular complexity index is 1040. The van der Waals surface area contributed by atoms with E-state index in [2.05, 4.69) is 11.4 Å². The first-order chi connectivity index (χ1) is 13.6. The smallest absolute Gasteiger partial charge is 0.261 e. The maximum Gasteiger partial charge on any atom is 0.261 e. The van der Waals surface area contributed by atoms with Crippen molar-refractivity contribution in [2.45, 2.75) is 39.3 Å². The Labute approximate surface area is 176 Å². The van der Waals surface area contributed by atoms with Gasteiger partial charge in [-0.2, -0.15) is 0 Å². The molecular formula is C21H25ClN2O4S. The monoisotopic (exact) mass is 436 g/mol. The van der Waals surface area contributed by atoms with Crippen molar-refractivity contribution >= 4 is 33.2 Å². The van der Waals surface area contributed by atoms with Crippen LogP contribution in [0, 0.1) is 13.8 Å². The fourth-order valence-corrected chi connectivity index (χ4v) is 4.60. The predicted molar refractivity (Wildman–Crippen MR) is 115 cm³/mol. The number of rotatable bonds is 4. The van der Waals surface area contributed by atoms with Crippen molar-refractivity contribution in [3.05, 3.63) is 58.1 Å². The Hall–Kier alpha value is -2.25. The summed E-state index contributed by atoms with van der Waals surface area (Å²) in [5.74, 6) is 0.0338. The molecule has 1 N–H and O–H groups in total. The van der Waals surface area contributed by atoms with Crippen LogP contribution in [0.5, 0.6) is 5.75 Å². The molecule has 8 heteroatoms. The van der Waals surface area contributed by atoms with Gasteiger partial charge in [0, 0.05) is 18.0 Å². The Morgan fingerprint density at radius 1 is 1.24 bits per heavy atom. The minimum absolute atomic E-state index is 0.127. The molecule has 1 amide bonds. The molecular weight excluding hydrogens is 412 g/mol. The molecule has 1 aliphatic heterocycles. The molecule has 0 bridgehead atoms. The zero-order chi connectivity index (χ0) is 21.3. The third-order valence-corrected chi connectivity index (χ3v) is 6.42. The highest BCUT2D eigenvalue weighted by Gasteiger charge is 2.32. The van der Waals surface area contributed by atoms with Crippen molar-refractivity contribution in [3.63, 3.8) is 0 Å². The fourth-order valence-electron chi connectivity index (χ4n) is 3.49. The van der Waals surface area contributed by atoms with Crippen molar-refractivity contribution in [1.82, 2.24) is 5.32 Å². The summed E-state index contributed by atoms with van der Waals surface area (Å²) < 4.78 is 31.6. The average molecular weight is 437 g/mol. The number of sulfonamides is 1. The number of hydrogen-bond donors (Lipinski definition) is 1. The van der Waals surface area contributed by atoms with E-state index in [1.165, 1.54) is 10.4 Å². The summed E-state index contributed by atoms with van der Waals surface area (Å²) >= 11 is 6.05. The van der Waals surface area contributed by atoms with Crippen molar-refractivity contribution in [2.24, 2.45) is 0 Å².